The van der Waals surface area contributed by atoms with Crippen molar-refractivity contribution in [3.05, 3.63) is 0 Å². The molecule has 0 aromatic carbocycles. The Hall–Kier alpha value is 0.254. The Morgan fingerprint density at radius 1 is 0.600 bits per heavy atom. The maximum Gasteiger partial charge on any atom is 0.130 e. The molecular weight excluding hydrogens is 312 g/mol. The summed E-state index contributed by atoms with van der Waals surface area (Å²) in [4.78, 5) is 0. The molecule has 0 heterocycles. The Morgan fingerprint density at radius 2 is 0.950 bits per heavy atom. The van der Waals surface area contributed by atoms with Crippen LogP contribution in [0, 0.1) is 21.6 Å². The molecule has 4 heteroatoms. The van der Waals surface area contributed by atoms with Gasteiger partial charge < -0.3 is 0 Å². The molecule has 20 heavy (non-hydrogen) atoms. The van der Waals surface area contributed by atoms with Gasteiger partial charge in [-0.25, -0.2) is 0 Å². The van der Waals surface area contributed by atoms with Gasteiger partial charge in [-0.3, -0.25) is 0 Å². The smallest absolute Gasteiger partial charge is 0.120 e. The van der Waals surface area contributed by atoms with Gasteiger partial charge in [0.05, 0.1) is 0 Å². The molecule has 0 unspecified atom stereocenters. The van der Waals surface area contributed by atoms with Crippen molar-refractivity contribution in [1.29, 1.82) is 0 Å². The summed E-state index contributed by atoms with van der Waals surface area (Å²) in [5, 5.41) is 6.54. The molecule has 0 rings (SSSR count). The molecule has 0 radical (unpaired) electrons. The molecule has 0 N–H and O–H groups in total. The summed E-state index contributed by atoms with van der Waals surface area (Å²) >= 11 is 3.61. The van der Waals surface area contributed by atoms with Crippen LogP contribution in [0.3, 0.4) is 0 Å². The molecule has 0 aliphatic rings. The SMILES string of the molecule is C[Si](C)(C)C#CSCCCCCCSC#C[Si](C)(C)C. The highest BCUT2D eigenvalue weighted by molar-refractivity contribution is 8.04. The van der Waals surface area contributed by atoms with E-state index in [1.165, 1.54) is 37.2 Å². The van der Waals surface area contributed by atoms with E-state index < -0.39 is 16.1 Å². The second-order valence-corrected chi connectivity index (χ2v) is 18.4. The van der Waals surface area contributed by atoms with E-state index in [1.807, 2.05) is 0 Å². The molecule has 0 saturated heterocycles. The lowest BCUT2D eigenvalue weighted by Crippen LogP contribution is -2.16. The number of hydrogen-bond donors (Lipinski definition) is 0. The minimum Gasteiger partial charge on any atom is -0.120 e. The van der Waals surface area contributed by atoms with Gasteiger partial charge in [0, 0.05) is 11.5 Å². The molecule has 0 aliphatic carbocycles. The lowest BCUT2D eigenvalue weighted by atomic mass is 10.2. The predicted molar refractivity (Wildman–Crippen MR) is 106 cm³/mol. The van der Waals surface area contributed by atoms with Crippen LogP contribution in [0.15, 0.2) is 0 Å². The first-order chi connectivity index (χ1) is 9.21. The molecule has 0 atom stereocenters. The zero-order chi connectivity index (χ0) is 15.5. The average molecular weight is 343 g/mol. The third-order valence-electron chi connectivity index (χ3n) is 2.24. The molecule has 0 saturated carbocycles. The molecular formula is C16H30S2Si2. The Labute approximate surface area is 137 Å². The van der Waals surface area contributed by atoms with Crippen molar-refractivity contribution in [3.63, 3.8) is 0 Å². The van der Waals surface area contributed by atoms with Crippen LogP contribution in [0.4, 0.5) is 0 Å². The molecule has 0 nitrogen and oxygen atoms in total. The second kappa shape index (κ2) is 10.9. The van der Waals surface area contributed by atoms with E-state index in [1.54, 1.807) is 23.5 Å². The van der Waals surface area contributed by atoms with Crippen LogP contribution in [-0.2, 0) is 0 Å². The summed E-state index contributed by atoms with van der Waals surface area (Å²) in [6.07, 6.45) is 5.28. The van der Waals surface area contributed by atoms with Crippen LogP contribution >= 0.6 is 23.5 Å². The highest BCUT2D eigenvalue weighted by atomic mass is 32.2. The van der Waals surface area contributed by atoms with E-state index in [0.29, 0.717) is 0 Å². The highest BCUT2D eigenvalue weighted by Gasteiger charge is 2.07. The fraction of sp³-hybridized carbons (Fsp3) is 0.750. The molecule has 0 aliphatic heterocycles. The van der Waals surface area contributed by atoms with Crippen molar-refractivity contribution in [2.45, 2.75) is 65.0 Å². The van der Waals surface area contributed by atoms with Gasteiger partial charge in [0.1, 0.15) is 16.1 Å². The van der Waals surface area contributed by atoms with Crippen molar-refractivity contribution < 1.29 is 0 Å². The van der Waals surface area contributed by atoms with Crippen LogP contribution in [0.25, 0.3) is 0 Å². The molecule has 0 aromatic rings. The lowest BCUT2D eigenvalue weighted by Gasteiger charge is -2.03. The van der Waals surface area contributed by atoms with Crippen molar-refractivity contribution in [2.75, 3.05) is 11.5 Å². The third kappa shape index (κ3) is 18.3. The highest BCUT2D eigenvalue weighted by Crippen LogP contribution is 2.10. The molecule has 0 bridgehead atoms. The van der Waals surface area contributed by atoms with Gasteiger partial charge in [0.2, 0.25) is 0 Å². The first-order valence-electron chi connectivity index (χ1n) is 7.49. The summed E-state index contributed by atoms with van der Waals surface area (Å²) in [5.41, 5.74) is 6.79. The van der Waals surface area contributed by atoms with Crippen LogP contribution in [-0.4, -0.2) is 27.7 Å². The van der Waals surface area contributed by atoms with Crippen molar-refractivity contribution >= 4 is 39.7 Å². The number of rotatable bonds is 7. The average Bonchev–Trinajstić information content (AvgIpc) is 2.27. The Kier molecular flexibility index (Phi) is 11.0. The van der Waals surface area contributed by atoms with Crippen LogP contribution < -0.4 is 0 Å². The minimum absolute atomic E-state index is 1.16. The van der Waals surface area contributed by atoms with E-state index in [0.717, 1.165) is 0 Å². The van der Waals surface area contributed by atoms with Crippen molar-refractivity contribution in [1.82, 2.24) is 0 Å². The largest absolute Gasteiger partial charge is 0.130 e. The fourth-order valence-corrected chi connectivity index (χ4v) is 5.11. The summed E-state index contributed by atoms with van der Waals surface area (Å²) in [6.45, 7) is 13.8. The van der Waals surface area contributed by atoms with Gasteiger partial charge >= 0.3 is 0 Å². The van der Waals surface area contributed by atoms with Gasteiger partial charge in [-0.05, 0) is 23.3 Å². The summed E-state index contributed by atoms with van der Waals surface area (Å²) in [5.74, 6) is 2.39. The van der Waals surface area contributed by atoms with Crippen LogP contribution in [0.1, 0.15) is 25.7 Å². The first kappa shape index (κ1) is 20.3. The monoisotopic (exact) mass is 342 g/mol. The quantitative estimate of drug-likeness (QED) is 0.331. The predicted octanol–water partition coefficient (Wildman–Crippen LogP) is 5.69. The lowest BCUT2D eigenvalue weighted by molar-refractivity contribution is 0.712. The molecule has 0 fully saturated rings. The van der Waals surface area contributed by atoms with Gasteiger partial charge in [-0.1, -0.05) is 75.6 Å². The molecule has 114 valence electrons. The molecule has 0 amide bonds. The molecule has 0 spiro atoms. The van der Waals surface area contributed by atoms with Gasteiger partial charge in [-0.15, -0.1) is 11.1 Å². The number of hydrogen-bond acceptors (Lipinski definition) is 2. The van der Waals surface area contributed by atoms with Gasteiger partial charge in [0.25, 0.3) is 0 Å². The summed E-state index contributed by atoms with van der Waals surface area (Å²) in [7, 11) is -2.32. The topological polar surface area (TPSA) is 0 Å². The first-order valence-corrected chi connectivity index (χ1v) is 16.5. The van der Waals surface area contributed by atoms with E-state index in [9.17, 15) is 0 Å². The Bertz CT molecular complexity index is 332. The number of unbranched alkanes of at least 4 members (excludes halogenated alkanes) is 3. The normalized spacial score (nSPS) is 11.3. The Morgan fingerprint density at radius 3 is 1.25 bits per heavy atom. The van der Waals surface area contributed by atoms with Crippen LogP contribution in [0.2, 0.25) is 39.3 Å². The van der Waals surface area contributed by atoms with Gasteiger partial charge in [0.15, 0.2) is 0 Å². The van der Waals surface area contributed by atoms with E-state index >= 15 is 0 Å². The Balaban J connectivity index is 3.37. The minimum atomic E-state index is -1.16. The standard InChI is InChI=1S/C16H30S2Si2/c1-19(2,3)15-13-17-11-9-7-8-10-12-18-14-16-20(4,5)6/h7-12H2,1-6H3. The van der Waals surface area contributed by atoms with Crippen molar-refractivity contribution in [3.8, 4) is 21.6 Å². The maximum absolute atomic E-state index is 3.40. The second-order valence-electron chi connectivity index (χ2n) is 7.07. The van der Waals surface area contributed by atoms with E-state index in [4.69, 9.17) is 0 Å². The van der Waals surface area contributed by atoms with Crippen LogP contribution in [0.5, 0.6) is 0 Å². The van der Waals surface area contributed by atoms with E-state index in [2.05, 4.69) is 60.9 Å². The zero-order valence-corrected chi connectivity index (χ0v) is 17.7. The van der Waals surface area contributed by atoms with Crippen molar-refractivity contribution in [2.24, 2.45) is 0 Å². The van der Waals surface area contributed by atoms with Gasteiger partial charge in [-0.2, -0.15) is 0 Å². The summed E-state index contributed by atoms with van der Waals surface area (Å²) < 4.78 is 0. The summed E-state index contributed by atoms with van der Waals surface area (Å²) in [6, 6.07) is 0. The number of thioether (sulfide) groups is 2. The zero-order valence-electron chi connectivity index (χ0n) is 14.1. The fourth-order valence-electron chi connectivity index (χ4n) is 1.18. The third-order valence-corrected chi connectivity index (χ3v) is 5.83. The maximum atomic E-state index is 3.40. The molecule has 0 aromatic heterocycles. The van der Waals surface area contributed by atoms with E-state index in [-0.39, 0.29) is 0 Å².